The van der Waals surface area contributed by atoms with Crippen molar-refractivity contribution in [2.24, 2.45) is 5.41 Å². The minimum Gasteiger partial charge on any atom is -0.378 e. The molecule has 0 bridgehead atoms. The van der Waals surface area contributed by atoms with Gasteiger partial charge in [-0.1, -0.05) is 0 Å². The summed E-state index contributed by atoms with van der Waals surface area (Å²) in [5.74, 6) is 0. The zero-order chi connectivity index (χ0) is 14.1. The van der Waals surface area contributed by atoms with Gasteiger partial charge in [-0.05, 0) is 53.4 Å². The lowest BCUT2D eigenvalue weighted by Gasteiger charge is -2.40. The quantitative estimate of drug-likeness (QED) is 0.765. The summed E-state index contributed by atoms with van der Waals surface area (Å²) in [5.41, 5.74) is 0.551. The summed E-state index contributed by atoms with van der Waals surface area (Å²) < 4.78 is 11.6. The standard InChI is InChI=1S/C16H31NO2/c1-14(2,3)19-13-16(6-7-16)12-17-10-8-15(4,18-5)9-11-17/h6-13H2,1-5H3. The topological polar surface area (TPSA) is 21.7 Å². The summed E-state index contributed by atoms with van der Waals surface area (Å²) in [7, 11) is 1.84. The third-order valence-corrected chi connectivity index (χ3v) is 4.73. The van der Waals surface area contributed by atoms with E-state index in [9.17, 15) is 0 Å². The number of nitrogens with zero attached hydrogens (tertiary/aromatic N) is 1. The van der Waals surface area contributed by atoms with Gasteiger partial charge in [0.15, 0.2) is 0 Å². The molecular formula is C16H31NO2. The van der Waals surface area contributed by atoms with E-state index in [1.807, 2.05) is 7.11 Å². The van der Waals surface area contributed by atoms with E-state index in [1.54, 1.807) is 0 Å². The van der Waals surface area contributed by atoms with Gasteiger partial charge in [-0.3, -0.25) is 0 Å². The first-order valence-corrected chi connectivity index (χ1v) is 7.68. The Kier molecular flexibility index (Phi) is 4.29. The zero-order valence-corrected chi connectivity index (χ0v) is 13.4. The third-order valence-electron chi connectivity index (χ3n) is 4.73. The Morgan fingerprint density at radius 3 is 2.05 bits per heavy atom. The molecule has 0 aromatic rings. The van der Waals surface area contributed by atoms with Crippen LogP contribution in [0.4, 0.5) is 0 Å². The molecule has 1 saturated carbocycles. The molecule has 0 amide bonds. The van der Waals surface area contributed by atoms with Crippen LogP contribution in [-0.2, 0) is 9.47 Å². The predicted molar refractivity (Wildman–Crippen MR) is 78.5 cm³/mol. The molecule has 0 atom stereocenters. The number of methoxy groups -OCH3 is 1. The van der Waals surface area contributed by atoms with Crippen LogP contribution in [0, 0.1) is 5.41 Å². The fourth-order valence-electron chi connectivity index (χ4n) is 2.76. The van der Waals surface area contributed by atoms with E-state index in [2.05, 4.69) is 32.6 Å². The highest BCUT2D eigenvalue weighted by atomic mass is 16.5. The second kappa shape index (κ2) is 5.34. The highest BCUT2D eigenvalue weighted by Crippen LogP contribution is 2.47. The van der Waals surface area contributed by atoms with Gasteiger partial charge in [0.25, 0.3) is 0 Å². The highest BCUT2D eigenvalue weighted by molar-refractivity contribution is 4.97. The molecule has 0 radical (unpaired) electrons. The maximum absolute atomic E-state index is 6.01. The van der Waals surface area contributed by atoms with Gasteiger partial charge < -0.3 is 14.4 Å². The van der Waals surface area contributed by atoms with Gasteiger partial charge in [0.05, 0.1) is 17.8 Å². The second-order valence-corrected chi connectivity index (χ2v) is 7.83. The summed E-state index contributed by atoms with van der Waals surface area (Å²) in [6.07, 6.45) is 4.97. The monoisotopic (exact) mass is 269 g/mol. The molecule has 0 unspecified atom stereocenters. The van der Waals surface area contributed by atoms with Crippen LogP contribution in [-0.4, -0.2) is 49.5 Å². The predicted octanol–water partition coefficient (Wildman–Crippen LogP) is 3.08. The van der Waals surface area contributed by atoms with Crippen LogP contribution < -0.4 is 0 Å². The average molecular weight is 269 g/mol. The zero-order valence-electron chi connectivity index (χ0n) is 13.4. The van der Waals surface area contributed by atoms with Crippen molar-refractivity contribution in [3.05, 3.63) is 0 Å². The summed E-state index contributed by atoms with van der Waals surface area (Å²) in [5, 5.41) is 0. The molecule has 3 nitrogen and oxygen atoms in total. The van der Waals surface area contributed by atoms with Crippen molar-refractivity contribution in [2.75, 3.05) is 33.4 Å². The third kappa shape index (κ3) is 4.44. The minimum absolute atomic E-state index is 0.00783. The maximum Gasteiger partial charge on any atom is 0.0675 e. The molecule has 2 rings (SSSR count). The first kappa shape index (κ1) is 15.3. The van der Waals surface area contributed by atoms with E-state index in [0.29, 0.717) is 5.41 Å². The second-order valence-electron chi connectivity index (χ2n) is 7.83. The molecule has 3 heteroatoms. The van der Waals surface area contributed by atoms with Crippen LogP contribution in [0.5, 0.6) is 0 Å². The number of piperidine rings is 1. The smallest absolute Gasteiger partial charge is 0.0675 e. The summed E-state index contributed by atoms with van der Waals surface area (Å²) in [4.78, 5) is 2.61. The number of rotatable bonds is 5. The summed E-state index contributed by atoms with van der Waals surface area (Å²) in [6.45, 7) is 13.1. The van der Waals surface area contributed by atoms with Crippen LogP contribution in [0.15, 0.2) is 0 Å². The van der Waals surface area contributed by atoms with Gasteiger partial charge >= 0.3 is 0 Å². The van der Waals surface area contributed by atoms with E-state index in [-0.39, 0.29) is 11.2 Å². The Balaban J connectivity index is 1.76. The fourth-order valence-corrected chi connectivity index (χ4v) is 2.76. The van der Waals surface area contributed by atoms with Gasteiger partial charge in [-0.25, -0.2) is 0 Å². The molecule has 19 heavy (non-hydrogen) atoms. The molecule has 2 fully saturated rings. The van der Waals surface area contributed by atoms with Crippen molar-refractivity contribution in [1.82, 2.24) is 4.90 Å². The summed E-state index contributed by atoms with van der Waals surface area (Å²) >= 11 is 0. The first-order valence-electron chi connectivity index (χ1n) is 7.68. The van der Waals surface area contributed by atoms with E-state index < -0.39 is 0 Å². The molecular weight excluding hydrogens is 238 g/mol. The van der Waals surface area contributed by atoms with Crippen LogP contribution in [0.2, 0.25) is 0 Å². The lowest BCUT2D eigenvalue weighted by atomic mass is 9.92. The number of likely N-dealkylation sites (tertiary alicyclic amines) is 1. The van der Waals surface area contributed by atoms with Gasteiger partial charge in [0.2, 0.25) is 0 Å². The molecule has 0 spiro atoms. The van der Waals surface area contributed by atoms with E-state index in [0.717, 1.165) is 19.4 Å². The maximum atomic E-state index is 6.01. The molecule has 1 aliphatic heterocycles. The molecule has 112 valence electrons. The highest BCUT2D eigenvalue weighted by Gasteiger charge is 2.45. The first-order chi connectivity index (χ1) is 8.76. The van der Waals surface area contributed by atoms with Crippen molar-refractivity contribution in [2.45, 2.75) is 64.6 Å². The Hall–Kier alpha value is -0.120. The molecule has 1 saturated heterocycles. The summed E-state index contributed by atoms with van der Waals surface area (Å²) in [6, 6.07) is 0. The van der Waals surface area contributed by atoms with Gasteiger partial charge in [0.1, 0.15) is 0 Å². The van der Waals surface area contributed by atoms with E-state index in [1.165, 1.54) is 32.5 Å². The van der Waals surface area contributed by atoms with Crippen molar-refractivity contribution >= 4 is 0 Å². The number of ether oxygens (including phenoxy) is 2. The van der Waals surface area contributed by atoms with Gasteiger partial charge in [-0.15, -0.1) is 0 Å². The van der Waals surface area contributed by atoms with Crippen LogP contribution >= 0.6 is 0 Å². The molecule has 2 aliphatic rings. The van der Waals surface area contributed by atoms with Gasteiger partial charge in [0, 0.05) is 32.2 Å². The molecule has 1 heterocycles. The Labute approximate surface area is 118 Å². The average Bonchev–Trinajstić information content (AvgIpc) is 3.10. The molecule has 0 aromatic heterocycles. The Morgan fingerprint density at radius 2 is 1.63 bits per heavy atom. The van der Waals surface area contributed by atoms with Crippen LogP contribution in [0.1, 0.15) is 53.4 Å². The van der Waals surface area contributed by atoms with Crippen molar-refractivity contribution in [3.63, 3.8) is 0 Å². The van der Waals surface area contributed by atoms with Crippen molar-refractivity contribution in [1.29, 1.82) is 0 Å². The van der Waals surface area contributed by atoms with Crippen molar-refractivity contribution in [3.8, 4) is 0 Å². The van der Waals surface area contributed by atoms with E-state index >= 15 is 0 Å². The Morgan fingerprint density at radius 1 is 1.05 bits per heavy atom. The molecule has 0 aromatic carbocycles. The normalized spacial score (nSPS) is 26.4. The Bertz CT molecular complexity index is 296. The SMILES string of the molecule is COC1(C)CCN(CC2(COC(C)(C)C)CC2)CC1. The van der Waals surface area contributed by atoms with Crippen LogP contribution in [0.3, 0.4) is 0 Å². The number of hydrogen-bond acceptors (Lipinski definition) is 3. The van der Waals surface area contributed by atoms with Crippen molar-refractivity contribution < 1.29 is 9.47 Å². The lowest BCUT2D eigenvalue weighted by molar-refractivity contribution is -0.0583. The van der Waals surface area contributed by atoms with E-state index in [4.69, 9.17) is 9.47 Å². The number of hydrogen-bond donors (Lipinski definition) is 0. The van der Waals surface area contributed by atoms with Gasteiger partial charge in [-0.2, -0.15) is 0 Å². The van der Waals surface area contributed by atoms with Crippen LogP contribution in [0.25, 0.3) is 0 Å². The lowest BCUT2D eigenvalue weighted by Crippen LogP contribution is -2.46. The fraction of sp³-hybridized carbons (Fsp3) is 1.00. The molecule has 0 N–H and O–H groups in total. The largest absolute Gasteiger partial charge is 0.378 e. The minimum atomic E-state index is -0.00783. The molecule has 1 aliphatic carbocycles.